The lowest BCUT2D eigenvalue weighted by atomic mass is 9.62. The first-order chi connectivity index (χ1) is 15.8. The summed E-state index contributed by atoms with van der Waals surface area (Å²) in [5, 5.41) is 30.0. The van der Waals surface area contributed by atoms with Crippen molar-refractivity contribution in [2.45, 2.75) is 109 Å². The van der Waals surface area contributed by atoms with E-state index in [9.17, 15) is 24.9 Å². The molecule has 190 valence electrons. The van der Waals surface area contributed by atoms with Crippen LogP contribution in [0.1, 0.15) is 85.5 Å². The Kier molecular flexibility index (Phi) is 8.26. The molecule has 3 fully saturated rings. The fourth-order valence-electron chi connectivity index (χ4n) is 6.55. The van der Waals surface area contributed by atoms with Crippen LogP contribution >= 0.6 is 0 Å². The van der Waals surface area contributed by atoms with Gasteiger partial charge in [0, 0.05) is 18.8 Å². The molecule has 0 aromatic rings. The lowest BCUT2D eigenvalue weighted by Crippen LogP contribution is -2.39. The second-order valence-corrected chi connectivity index (χ2v) is 11.6. The van der Waals surface area contributed by atoms with E-state index in [-0.39, 0.29) is 36.1 Å². The number of Topliss-reactive ketones (excluding diaryl/α,β-unsaturated/α-hetero) is 1. The monoisotopic (exact) mass is 474 g/mol. The molecule has 0 saturated heterocycles. The van der Waals surface area contributed by atoms with E-state index in [0.717, 1.165) is 37.7 Å². The third kappa shape index (κ3) is 6.27. The van der Waals surface area contributed by atoms with Crippen molar-refractivity contribution in [3.8, 4) is 0 Å². The molecule has 3 rings (SSSR count). The zero-order valence-electron chi connectivity index (χ0n) is 21.2. The molecule has 34 heavy (non-hydrogen) atoms. The zero-order chi connectivity index (χ0) is 25.3. The number of aliphatic hydroxyl groups excluding tert-OH is 2. The summed E-state index contributed by atoms with van der Waals surface area (Å²) in [6, 6.07) is 0. The first-order valence-corrected chi connectivity index (χ1v) is 12.7. The summed E-state index contributed by atoms with van der Waals surface area (Å²) in [5.74, 6) is -0.211. The second kappa shape index (κ2) is 10.5. The Hall–Kier alpha value is -1.76. The number of hydrogen-bond donors (Lipinski definition) is 3. The number of aliphatic hydroxyl groups is 3. The highest BCUT2D eigenvalue weighted by molar-refractivity contribution is 5.96. The zero-order valence-corrected chi connectivity index (χ0v) is 21.2. The SMILES string of the molecule is C=C1/C(=C\C=C2/CCC[C@]3(C)[C@@H]([C@H](C)OC(=O)CC(=O)CC(C)(C)O)CC[C@@H]23)C[C@@H](O)C[C@@H]1O. The summed E-state index contributed by atoms with van der Waals surface area (Å²) in [6.45, 7) is 11.4. The highest BCUT2D eigenvalue weighted by Crippen LogP contribution is 2.58. The minimum absolute atomic E-state index is 0.0159. The molecule has 0 aromatic carbocycles. The Labute approximate surface area is 203 Å². The maximum Gasteiger partial charge on any atom is 0.313 e. The van der Waals surface area contributed by atoms with Crippen LogP contribution in [-0.2, 0) is 14.3 Å². The summed E-state index contributed by atoms with van der Waals surface area (Å²) in [7, 11) is 0. The molecule has 0 radical (unpaired) electrons. The lowest BCUT2D eigenvalue weighted by molar-refractivity contribution is -0.155. The van der Waals surface area contributed by atoms with Crippen LogP contribution < -0.4 is 0 Å². The number of hydrogen-bond acceptors (Lipinski definition) is 6. The number of esters is 1. The maximum absolute atomic E-state index is 12.4. The van der Waals surface area contributed by atoms with Gasteiger partial charge < -0.3 is 20.1 Å². The van der Waals surface area contributed by atoms with Gasteiger partial charge in [-0.25, -0.2) is 0 Å². The number of ketones is 1. The fourth-order valence-corrected chi connectivity index (χ4v) is 6.55. The third-order valence-electron chi connectivity index (χ3n) is 8.16. The van der Waals surface area contributed by atoms with Crippen LogP contribution in [0.4, 0.5) is 0 Å². The average Bonchev–Trinajstić information content (AvgIpc) is 3.05. The quantitative estimate of drug-likeness (QED) is 0.378. The van der Waals surface area contributed by atoms with Crippen molar-refractivity contribution in [1.29, 1.82) is 0 Å². The Balaban J connectivity index is 1.67. The van der Waals surface area contributed by atoms with Crippen molar-refractivity contribution in [2.24, 2.45) is 17.3 Å². The average molecular weight is 475 g/mol. The van der Waals surface area contributed by atoms with Gasteiger partial charge in [-0.1, -0.05) is 31.2 Å². The highest BCUT2D eigenvalue weighted by Gasteiger charge is 2.51. The van der Waals surface area contributed by atoms with Gasteiger partial charge in [0.25, 0.3) is 0 Å². The topological polar surface area (TPSA) is 104 Å². The van der Waals surface area contributed by atoms with E-state index in [1.807, 2.05) is 13.0 Å². The molecule has 0 unspecified atom stereocenters. The van der Waals surface area contributed by atoms with E-state index in [2.05, 4.69) is 19.6 Å². The lowest BCUT2D eigenvalue weighted by Gasteiger charge is -2.44. The van der Waals surface area contributed by atoms with E-state index >= 15 is 0 Å². The number of ether oxygens (including phenoxy) is 1. The summed E-state index contributed by atoms with van der Waals surface area (Å²) in [4.78, 5) is 24.5. The Morgan fingerprint density at radius 3 is 2.65 bits per heavy atom. The van der Waals surface area contributed by atoms with Gasteiger partial charge in [0.05, 0.1) is 17.8 Å². The molecule has 6 nitrogen and oxygen atoms in total. The molecule has 0 bridgehead atoms. The standard InChI is InChI=1S/C28H42O6/c1-17-20(13-21(29)14-25(17)31)9-8-19-7-6-12-28(5)23(10-11-24(19)28)18(2)34-26(32)15-22(30)16-27(3,4)33/h8-9,18,21,23-25,29,31,33H,1,6-7,10-16H2,2-5H3/b19-8+,20-9-/t18-,21+,23+,24-,25-,28+/m0/s1. The number of allylic oxidation sites excluding steroid dienone is 3. The van der Waals surface area contributed by atoms with E-state index in [4.69, 9.17) is 4.74 Å². The summed E-state index contributed by atoms with van der Waals surface area (Å²) >= 11 is 0. The summed E-state index contributed by atoms with van der Waals surface area (Å²) < 4.78 is 5.72. The van der Waals surface area contributed by atoms with Gasteiger partial charge in [-0.15, -0.1) is 0 Å². The molecule has 6 atom stereocenters. The van der Waals surface area contributed by atoms with Crippen LogP contribution in [0.25, 0.3) is 0 Å². The van der Waals surface area contributed by atoms with Crippen molar-refractivity contribution in [2.75, 3.05) is 0 Å². The van der Waals surface area contributed by atoms with Crippen molar-refractivity contribution < 1.29 is 29.6 Å². The van der Waals surface area contributed by atoms with Gasteiger partial charge in [0.15, 0.2) is 0 Å². The molecule has 3 aliphatic carbocycles. The van der Waals surface area contributed by atoms with Crippen LogP contribution in [-0.4, -0.2) is 51.0 Å². The van der Waals surface area contributed by atoms with Gasteiger partial charge in [-0.2, -0.15) is 0 Å². The first kappa shape index (κ1) is 26.8. The molecule has 0 aliphatic heterocycles. The Morgan fingerprint density at radius 2 is 1.97 bits per heavy atom. The normalized spacial score (nSPS) is 35.3. The number of rotatable bonds is 7. The van der Waals surface area contributed by atoms with Crippen LogP contribution in [0.15, 0.2) is 35.5 Å². The molecule has 0 spiro atoms. The smallest absolute Gasteiger partial charge is 0.313 e. The predicted octanol–water partition coefficient (Wildman–Crippen LogP) is 4.18. The van der Waals surface area contributed by atoms with Gasteiger partial charge in [0.1, 0.15) is 18.3 Å². The van der Waals surface area contributed by atoms with Crippen molar-refractivity contribution in [3.05, 3.63) is 35.5 Å². The van der Waals surface area contributed by atoms with Crippen molar-refractivity contribution >= 4 is 11.8 Å². The van der Waals surface area contributed by atoms with Gasteiger partial charge in [-0.05, 0) is 81.8 Å². The fraction of sp³-hybridized carbons (Fsp3) is 0.714. The van der Waals surface area contributed by atoms with E-state index in [1.165, 1.54) is 5.57 Å². The van der Waals surface area contributed by atoms with Crippen LogP contribution in [0.5, 0.6) is 0 Å². The van der Waals surface area contributed by atoms with E-state index < -0.39 is 23.8 Å². The predicted molar refractivity (Wildman–Crippen MR) is 131 cm³/mol. The van der Waals surface area contributed by atoms with Crippen LogP contribution in [0, 0.1) is 17.3 Å². The minimum atomic E-state index is -1.13. The van der Waals surface area contributed by atoms with Gasteiger partial charge >= 0.3 is 5.97 Å². The van der Waals surface area contributed by atoms with Crippen LogP contribution in [0.3, 0.4) is 0 Å². The molecule has 3 aliphatic rings. The molecule has 3 saturated carbocycles. The van der Waals surface area contributed by atoms with Gasteiger partial charge in [0.2, 0.25) is 0 Å². The van der Waals surface area contributed by atoms with Crippen molar-refractivity contribution in [1.82, 2.24) is 0 Å². The molecule has 3 N–H and O–H groups in total. The third-order valence-corrected chi connectivity index (χ3v) is 8.16. The molecule has 6 heteroatoms. The largest absolute Gasteiger partial charge is 0.462 e. The van der Waals surface area contributed by atoms with Crippen LogP contribution in [0.2, 0.25) is 0 Å². The molecular formula is C28H42O6. The Bertz CT molecular complexity index is 863. The second-order valence-electron chi connectivity index (χ2n) is 11.6. The number of carbonyl (C=O) groups excluding carboxylic acids is 2. The van der Waals surface area contributed by atoms with Crippen molar-refractivity contribution in [3.63, 3.8) is 0 Å². The highest BCUT2D eigenvalue weighted by atomic mass is 16.5. The first-order valence-electron chi connectivity index (χ1n) is 12.7. The number of fused-ring (bicyclic) bond motifs is 1. The number of carbonyl (C=O) groups is 2. The molecule has 0 aromatic heterocycles. The molecular weight excluding hydrogens is 432 g/mol. The Morgan fingerprint density at radius 1 is 1.26 bits per heavy atom. The maximum atomic E-state index is 12.4. The van der Waals surface area contributed by atoms with E-state index in [0.29, 0.717) is 24.3 Å². The van der Waals surface area contributed by atoms with E-state index in [1.54, 1.807) is 13.8 Å². The summed E-state index contributed by atoms with van der Waals surface area (Å²) in [6.07, 6.45) is 8.33. The molecule has 0 amide bonds. The minimum Gasteiger partial charge on any atom is -0.462 e. The van der Waals surface area contributed by atoms with Gasteiger partial charge in [-0.3, -0.25) is 9.59 Å². The molecule has 0 heterocycles. The summed E-state index contributed by atoms with van der Waals surface area (Å²) in [5.41, 5.74) is 1.88.